The highest BCUT2D eigenvalue weighted by Gasteiger charge is 2.27. The average Bonchev–Trinajstić information content (AvgIpc) is 3.50. The summed E-state index contributed by atoms with van der Waals surface area (Å²) in [5, 5.41) is 7.15. The lowest BCUT2D eigenvalue weighted by atomic mass is 9.93. The van der Waals surface area contributed by atoms with E-state index in [9.17, 15) is 4.39 Å². The fraction of sp³-hybridized carbons (Fsp3) is 0.250. The highest BCUT2D eigenvalue weighted by atomic mass is 19.1. The molecule has 0 bridgehead atoms. The number of nitrogens with one attached hydrogen (secondary N) is 1. The van der Waals surface area contributed by atoms with Gasteiger partial charge in [0.2, 0.25) is 0 Å². The molecular formula is C24H25FN6. The molecule has 0 amide bonds. The van der Waals surface area contributed by atoms with Crippen molar-refractivity contribution in [2.24, 2.45) is 0 Å². The minimum Gasteiger partial charge on any atom is -0.306 e. The topological polar surface area (TPSA) is 53.0 Å². The molecule has 4 aromatic rings. The van der Waals surface area contributed by atoms with E-state index in [2.05, 4.69) is 50.2 Å². The fourth-order valence-corrected chi connectivity index (χ4v) is 4.35. The van der Waals surface area contributed by atoms with E-state index in [0.29, 0.717) is 5.56 Å². The van der Waals surface area contributed by atoms with Crippen LogP contribution < -0.4 is 0 Å². The standard InChI is InChI=1S/C24H25FN6/c1-29-10-12-30(13-11-29)24(19-15-27-28-16-19)18-6-7-23(31-9-8-26-17-31)21(14-18)20-4-2-3-5-22(20)25/h2-9,14-17,24H,10-13H2,1H3,(H,27,28). The SMILES string of the molecule is CN1CCN(C(c2cn[nH]c2)c2ccc(-n3ccnc3)c(-c3ccccc3F)c2)CC1. The molecule has 6 nitrogen and oxygen atoms in total. The molecule has 2 aromatic heterocycles. The molecule has 0 spiro atoms. The molecule has 0 saturated carbocycles. The van der Waals surface area contributed by atoms with Crippen LogP contribution in [0.4, 0.5) is 4.39 Å². The van der Waals surface area contributed by atoms with Gasteiger partial charge in [0.05, 0.1) is 24.3 Å². The molecule has 3 heterocycles. The maximum Gasteiger partial charge on any atom is 0.131 e. The van der Waals surface area contributed by atoms with Crippen LogP contribution in [0.2, 0.25) is 0 Å². The van der Waals surface area contributed by atoms with E-state index in [0.717, 1.165) is 48.6 Å². The van der Waals surface area contributed by atoms with Crippen LogP contribution in [-0.4, -0.2) is 62.8 Å². The number of piperazine rings is 1. The summed E-state index contributed by atoms with van der Waals surface area (Å²) >= 11 is 0. The largest absolute Gasteiger partial charge is 0.306 e. The summed E-state index contributed by atoms with van der Waals surface area (Å²) in [6.07, 6.45) is 9.20. The Balaban J connectivity index is 1.64. The predicted octanol–water partition coefficient (Wildman–Crippen LogP) is 3.74. The van der Waals surface area contributed by atoms with E-state index in [4.69, 9.17) is 0 Å². The van der Waals surface area contributed by atoms with Crippen molar-refractivity contribution in [1.82, 2.24) is 29.5 Å². The van der Waals surface area contributed by atoms with Gasteiger partial charge in [-0.1, -0.05) is 24.3 Å². The van der Waals surface area contributed by atoms with Crippen LogP contribution in [0.25, 0.3) is 16.8 Å². The Morgan fingerprint density at radius 1 is 1.00 bits per heavy atom. The average molecular weight is 417 g/mol. The third-order valence-electron chi connectivity index (χ3n) is 6.02. The lowest BCUT2D eigenvalue weighted by molar-refractivity contribution is 0.127. The molecule has 31 heavy (non-hydrogen) atoms. The Bertz CT molecular complexity index is 1130. The van der Waals surface area contributed by atoms with E-state index >= 15 is 0 Å². The molecule has 5 rings (SSSR count). The Labute approximate surface area is 181 Å². The zero-order valence-corrected chi connectivity index (χ0v) is 17.4. The first-order valence-electron chi connectivity index (χ1n) is 10.5. The van der Waals surface area contributed by atoms with E-state index in [1.54, 1.807) is 18.6 Å². The number of likely N-dealkylation sites (N-methyl/N-ethyl adjacent to an activating group) is 1. The van der Waals surface area contributed by atoms with Crippen molar-refractivity contribution in [3.8, 4) is 16.8 Å². The molecule has 1 aliphatic heterocycles. The molecule has 1 atom stereocenters. The van der Waals surface area contributed by atoms with Crippen molar-refractivity contribution < 1.29 is 4.39 Å². The van der Waals surface area contributed by atoms with E-state index < -0.39 is 0 Å². The smallest absolute Gasteiger partial charge is 0.131 e. The Kier molecular flexibility index (Phi) is 5.36. The van der Waals surface area contributed by atoms with Gasteiger partial charge in [-0.25, -0.2) is 9.37 Å². The van der Waals surface area contributed by atoms with Crippen molar-refractivity contribution in [3.05, 3.63) is 90.5 Å². The van der Waals surface area contributed by atoms with Gasteiger partial charge in [0.25, 0.3) is 0 Å². The van der Waals surface area contributed by atoms with Crippen LogP contribution in [0, 0.1) is 5.82 Å². The van der Waals surface area contributed by atoms with Gasteiger partial charge < -0.3 is 9.47 Å². The van der Waals surface area contributed by atoms with Crippen LogP contribution >= 0.6 is 0 Å². The van der Waals surface area contributed by atoms with Gasteiger partial charge in [-0.3, -0.25) is 10.00 Å². The molecule has 2 aromatic carbocycles. The van der Waals surface area contributed by atoms with Crippen LogP contribution in [0.3, 0.4) is 0 Å². The first-order chi connectivity index (χ1) is 15.2. The maximum atomic E-state index is 14.8. The number of H-pyrrole nitrogens is 1. The quantitative estimate of drug-likeness (QED) is 0.539. The number of hydrogen-bond acceptors (Lipinski definition) is 4. The van der Waals surface area contributed by atoms with Crippen molar-refractivity contribution >= 4 is 0 Å². The highest BCUT2D eigenvalue weighted by molar-refractivity contribution is 5.74. The zero-order chi connectivity index (χ0) is 21.2. The minimum atomic E-state index is -0.236. The molecule has 1 N–H and O–H groups in total. The summed E-state index contributed by atoms with van der Waals surface area (Å²) in [5.41, 5.74) is 4.55. The van der Waals surface area contributed by atoms with Gasteiger partial charge in [-0.2, -0.15) is 5.10 Å². The van der Waals surface area contributed by atoms with Crippen LogP contribution in [-0.2, 0) is 0 Å². The number of imidazole rings is 1. The second-order valence-corrected chi connectivity index (χ2v) is 8.00. The lowest BCUT2D eigenvalue weighted by Gasteiger charge is -2.38. The molecule has 1 saturated heterocycles. The normalized spacial score (nSPS) is 16.5. The molecule has 7 heteroatoms. The summed E-state index contributed by atoms with van der Waals surface area (Å²) in [5.74, 6) is -0.236. The number of benzene rings is 2. The van der Waals surface area contributed by atoms with Crippen molar-refractivity contribution in [1.29, 1.82) is 0 Å². The minimum absolute atomic E-state index is 0.0508. The predicted molar refractivity (Wildman–Crippen MR) is 118 cm³/mol. The second kappa shape index (κ2) is 8.45. The molecule has 158 valence electrons. The number of hydrogen-bond donors (Lipinski definition) is 1. The Morgan fingerprint density at radius 2 is 1.84 bits per heavy atom. The molecular weight excluding hydrogens is 391 g/mol. The summed E-state index contributed by atoms with van der Waals surface area (Å²) in [4.78, 5) is 9.00. The van der Waals surface area contributed by atoms with Crippen LogP contribution in [0.15, 0.2) is 73.6 Å². The Hall–Kier alpha value is -3.29. The third kappa shape index (κ3) is 3.89. The molecule has 0 aliphatic carbocycles. The van der Waals surface area contributed by atoms with Gasteiger partial charge in [0.1, 0.15) is 5.82 Å². The summed E-state index contributed by atoms with van der Waals surface area (Å²) < 4.78 is 16.8. The number of aromatic nitrogens is 4. The second-order valence-electron chi connectivity index (χ2n) is 8.00. The zero-order valence-electron chi connectivity index (χ0n) is 17.4. The first-order valence-corrected chi connectivity index (χ1v) is 10.5. The number of nitrogens with zero attached hydrogens (tertiary/aromatic N) is 5. The van der Waals surface area contributed by atoms with E-state index in [1.165, 1.54) is 6.07 Å². The van der Waals surface area contributed by atoms with Crippen LogP contribution in [0.5, 0.6) is 0 Å². The van der Waals surface area contributed by atoms with Gasteiger partial charge in [0, 0.05) is 61.5 Å². The van der Waals surface area contributed by atoms with Gasteiger partial charge in [0.15, 0.2) is 0 Å². The summed E-state index contributed by atoms with van der Waals surface area (Å²) in [7, 11) is 2.15. The number of rotatable bonds is 5. The number of aromatic amines is 1. The molecule has 1 aliphatic rings. The maximum absolute atomic E-state index is 14.8. The summed E-state index contributed by atoms with van der Waals surface area (Å²) in [6.45, 7) is 3.96. The Morgan fingerprint density at radius 3 is 2.55 bits per heavy atom. The van der Waals surface area contributed by atoms with Gasteiger partial charge in [-0.15, -0.1) is 0 Å². The van der Waals surface area contributed by atoms with Crippen molar-refractivity contribution in [3.63, 3.8) is 0 Å². The lowest BCUT2D eigenvalue weighted by Crippen LogP contribution is -2.46. The fourth-order valence-electron chi connectivity index (χ4n) is 4.35. The molecule has 0 radical (unpaired) electrons. The van der Waals surface area contributed by atoms with E-state index in [-0.39, 0.29) is 11.9 Å². The van der Waals surface area contributed by atoms with Crippen molar-refractivity contribution in [2.75, 3.05) is 33.2 Å². The molecule has 1 unspecified atom stereocenters. The number of halogens is 1. The third-order valence-corrected chi connectivity index (χ3v) is 6.02. The summed E-state index contributed by atoms with van der Waals surface area (Å²) in [6, 6.07) is 13.3. The van der Waals surface area contributed by atoms with Crippen molar-refractivity contribution in [2.45, 2.75) is 6.04 Å². The monoisotopic (exact) mass is 416 g/mol. The highest BCUT2D eigenvalue weighted by Crippen LogP contribution is 2.35. The van der Waals surface area contributed by atoms with Crippen LogP contribution in [0.1, 0.15) is 17.2 Å². The van der Waals surface area contributed by atoms with E-state index in [1.807, 2.05) is 35.3 Å². The first kappa shape index (κ1) is 19.7. The molecule has 1 fully saturated rings. The van der Waals surface area contributed by atoms with Gasteiger partial charge in [-0.05, 0) is 30.8 Å². The van der Waals surface area contributed by atoms with Gasteiger partial charge >= 0.3 is 0 Å².